The van der Waals surface area contributed by atoms with E-state index in [1.807, 2.05) is 38.1 Å². The van der Waals surface area contributed by atoms with Crippen LogP contribution in [0.1, 0.15) is 18.1 Å². The van der Waals surface area contributed by atoms with Crippen molar-refractivity contribution in [3.8, 4) is 0 Å². The van der Waals surface area contributed by atoms with Crippen LogP contribution in [0.3, 0.4) is 0 Å². The molecule has 2 aromatic rings. The van der Waals surface area contributed by atoms with Gasteiger partial charge in [0.25, 0.3) is 0 Å². The van der Waals surface area contributed by atoms with E-state index in [-0.39, 0.29) is 0 Å². The van der Waals surface area contributed by atoms with E-state index in [1.54, 1.807) is 0 Å². The van der Waals surface area contributed by atoms with Crippen LogP contribution in [0, 0.1) is 6.92 Å². The summed E-state index contributed by atoms with van der Waals surface area (Å²) in [4.78, 5) is 4.44. The second-order valence-electron chi connectivity index (χ2n) is 4.21. The first-order valence-electron chi connectivity index (χ1n) is 5.55. The zero-order chi connectivity index (χ0) is 12.4. The lowest BCUT2D eigenvalue weighted by molar-refractivity contribution is 1.15. The molecule has 88 valence electrons. The van der Waals surface area contributed by atoms with E-state index in [1.165, 1.54) is 0 Å². The Hall–Kier alpha value is -1.38. The molecule has 0 saturated carbocycles. The average molecular weight is 247 g/mol. The summed E-state index contributed by atoms with van der Waals surface area (Å²) in [6.07, 6.45) is 1.98. The summed E-state index contributed by atoms with van der Waals surface area (Å²) in [5.41, 5.74) is 9.68. The number of para-hydroxylation sites is 1. The van der Waals surface area contributed by atoms with Crippen molar-refractivity contribution in [2.24, 2.45) is 5.73 Å². The van der Waals surface area contributed by atoms with Gasteiger partial charge in [-0.15, -0.1) is 0 Å². The first-order chi connectivity index (χ1) is 8.11. The van der Waals surface area contributed by atoms with Gasteiger partial charge in [-0.3, -0.25) is 0 Å². The fourth-order valence-electron chi connectivity index (χ4n) is 1.77. The second-order valence-corrected chi connectivity index (χ2v) is 4.57. The number of fused-ring (bicyclic) bond motifs is 1. The summed E-state index contributed by atoms with van der Waals surface area (Å²) >= 11 is 6.18. The number of rotatable bonds is 2. The highest BCUT2D eigenvalue weighted by Gasteiger charge is 2.04. The number of nitrogens with two attached hydrogens (primary N) is 1. The predicted molar refractivity (Wildman–Crippen MR) is 74.2 cm³/mol. The number of halogens is 1. The lowest BCUT2D eigenvalue weighted by Crippen LogP contribution is -1.99. The van der Waals surface area contributed by atoms with Crippen LogP contribution in [0.4, 0.5) is 0 Å². The van der Waals surface area contributed by atoms with Crippen LogP contribution in [-0.2, 0) is 0 Å². The topological polar surface area (TPSA) is 38.9 Å². The summed E-state index contributed by atoms with van der Waals surface area (Å²) in [5.74, 6) is 0. The maximum Gasteiger partial charge on any atom is 0.137 e. The molecular weight excluding hydrogens is 232 g/mol. The first-order valence-corrected chi connectivity index (χ1v) is 5.92. The molecule has 0 spiro atoms. The molecule has 0 saturated heterocycles. The normalized spacial score (nSPS) is 12.1. The molecule has 0 aliphatic rings. The first kappa shape index (κ1) is 12.1. The Kier molecular flexibility index (Phi) is 3.46. The minimum absolute atomic E-state index is 0.527. The van der Waals surface area contributed by atoms with Gasteiger partial charge in [0.1, 0.15) is 5.15 Å². The number of aromatic nitrogens is 1. The Balaban J connectivity index is 2.64. The lowest BCUT2D eigenvalue weighted by Gasteiger charge is -2.05. The molecule has 2 rings (SSSR count). The molecule has 2 nitrogen and oxygen atoms in total. The third kappa shape index (κ3) is 2.48. The molecule has 0 unspecified atom stereocenters. The highest BCUT2D eigenvalue weighted by atomic mass is 35.5. The summed E-state index contributed by atoms with van der Waals surface area (Å²) in [5, 5.41) is 1.63. The standard InChI is InChI=1S/C14H15ClN2/c1-9(8-16)6-12-7-11-5-3-4-10(2)13(11)17-14(12)15/h3-7H,8,16H2,1-2H3. The van der Waals surface area contributed by atoms with Crippen LogP contribution < -0.4 is 5.73 Å². The van der Waals surface area contributed by atoms with E-state index in [4.69, 9.17) is 17.3 Å². The molecule has 0 aliphatic heterocycles. The molecule has 0 amide bonds. The van der Waals surface area contributed by atoms with Gasteiger partial charge in [0, 0.05) is 17.5 Å². The van der Waals surface area contributed by atoms with Gasteiger partial charge in [0.2, 0.25) is 0 Å². The van der Waals surface area contributed by atoms with Crippen molar-refractivity contribution in [2.45, 2.75) is 13.8 Å². The molecule has 1 aromatic heterocycles. The van der Waals surface area contributed by atoms with Crippen LogP contribution in [0.5, 0.6) is 0 Å². The van der Waals surface area contributed by atoms with Crippen molar-refractivity contribution >= 4 is 28.6 Å². The summed E-state index contributed by atoms with van der Waals surface area (Å²) < 4.78 is 0. The molecule has 0 atom stereocenters. The Labute approximate surface area is 106 Å². The van der Waals surface area contributed by atoms with Crippen LogP contribution >= 0.6 is 11.6 Å². The molecule has 0 fully saturated rings. The van der Waals surface area contributed by atoms with Crippen molar-refractivity contribution in [2.75, 3.05) is 6.54 Å². The van der Waals surface area contributed by atoms with Crippen LogP contribution in [0.2, 0.25) is 5.15 Å². The van der Waals surface area contributed by atoms with Crippen molar-refractivity contribution in [1.29, 1.82) is 0 Å². The Morgan fingerprint density at radius 1 is 1.47 bits per heavy atom. The van der Waals surface area contributed by atoms with Gasteiger partial charge in [0.15, 0.2) is 0 Å². The molecule has 1 aromatic carbocycles. The number of hydrogen-bond donors (Lipinski definition) is 1. The zero-order valence-electron chi connectivity index (χ0n) is 10.00. The number of hydrogen-bond acceptors (Lipinski definition) is 2. The monoisotopic (exact) mass is 246 g/mol. The van der Waals surface area contributed by atoms with E-state index in [0.717, 1.165) is 27.6 Å². The largest absolute Gasteiger partial charge is 0.327 e. The van der Waals surface area contributed by atoms with Crippen LogP contribution in [-0.4, -0.2) is 11.5 Å². The fourth-order valence-corrected chi connectivity index (χ4v) is 1.96. The fraction of sp³-hybridized carbons (Fsp3) is 0.214. The minimum Gasteiger partial charge on any atom is -0.327 e. The Morgan fingerprint density at radius 3 is 2.94 bits per heavy atom. The van der Waals surface area contributed by atoms with Gasteiger partial charge in [-0.25, -0.2) is 4.98 Å². The van der Waals surface area contributed by atoms with Crippen LogP contribution in [0.15, 0.2) is 29.8 Å². The van der Waals surface area contributed by atoms with Gasteiger partial charge in [-0.2, -0.15) is 0 Å². The molecule has 0 aliphatic carbocycles. The quantitative estimate of drug-likeness (QED) is 0.823. The van der Waals surface area contributed by atoms with Crippen LogP contribution in [0.25, 0.3) is 17.0 Å². The predicted octanol–water partition coefficient (Wildman–Crippen LogP) is 3.56. The van der Waals surface area contributed by atoms with E-state index < -0.39 is 0 Å². The molecule has 17 heavy (non-hydrogen) atoms. The lowest BCUT2D eigenvalue weighted by atomic mass is 10.1. The van der Waals surface area contributed by atoms with Gasteiger partial charge in [0.05, 0.1) is 5.52 Å². The van der Waals surface area contributed by atoms with Gasteiger partial charge in [-0.05, 0) is 25.5 Å². The summed E-state index contributed by atoms with van der Waals surface area (Å²) in [7, 11) is 0. The van der Waals surface area contributed by atoms with Gasteiger partial charge >= 0.3 is 0 Å². The highest BCUT2D eigenvalue weighted by Crippen LogP contribution is 2.24. The van der Waals surface area contributed by atoms with E-state index in [2.05, 4.69) is 11.1 Å². The molecule has 3 heteroatoms. The highest BCUT2D eigenvalue weighted by molar-refractivity contribution is 6.31. The maximum atomic E-state index is 6.18. The molecule has 0 radical (unpaired) electrons. The number of aryl methyl sites for hydroxylation is 1. The van der Waals surface area contributed by atoms with E-state index in [9.17, 15) is 0 Å². The third-order valence-corrected chi connectivity index (χ3v) is 3.05. The van der Waals surface area contributed by atoms with E-state index >= 15 is 0 Å². The van der Waals surface area contributed by atoms with Crippen molar-refractivity contribution in [1.82, 2.24) is 4.98 Å². The molecule has 1 heterocycles. The van der Waals surface area contributed by atoms with Gasteiger partial charge < -0.3 is 5.73 Å². The SMILES string of the molecule is CC(=Cc1cc2cccc(C)c2nc1Cl)CN. The molecule has 2 N–H and O–H groups in total. The van der Waals surface area contributed by atoms with Crippen molar-refractivity contribution in [3.05, 3.63) is 46.1 Å². The van der Waals surface area contributed by atoms with Crippen molar-refractivity contribution < 1.29 is 0 Å². The number of nitrogens with zero attached hydrogens (tertiary/aromatic N) is 1. The summed E-state index contributed by atoms with van der Waals surface area (Å²) in [6, 6.07) is 8.15. The Morgan fingerprint density at radius 2 is 2.24 bits per heavy atom. The van der Waals surface area contributed by atoms with E-state index in [0.29, 0.717) is 11.7 Å². The smallest absolute Gasteiger partial charge is 0.137 e. The van der Waals surface area contributed by atoms with Crippen molar-refractivity contribution in [3.63, 3.8) is 0 Å². The molecular formula is C14H15ClN2. The molecule has 0 bridgehead atoms. The summed E-state index contributed by atoms with van der Waals surface area (Å²) in [6.45, 7) is 4.55. The number of pyridine rings is 1. The second kappa shape index (κ2) is 4.86. The zero-order valence-corrected chi connectivity index (χ0v) is 10.8. The maximum absolute atomic E-state index is 6.18. The average Bonchev–Trinajstić information content (AvgIpc) is 2.31. The minimum atomic E-state index is 0.527. The van der Waals surface area contributed by atoms with Gasteiger partial charge in [-0.1, -0.05) is 41.4 Å². The third-order valence-electron chi connectivity index (χ3n) is 2.75. The Bertz CT molecular complexity index is 588. The number of benzene rings is 1.